The van der Waals surface area contributed by atoms with Gasteiger partial charge in [-0.3, -0.25) is 24.2 Å². The molecule has 0 radical (unpaired) electrons. The van der Waals surface area contributed by atoms with E-state index in [1.54, 1.807) is 19.3 Å². The average Bonchev–Trinajstić information content (AvgIpc) is 3.64. The molecule has 0 saturated carbocycles. The summed E-state index contributed by atoms with van der Waals surface area (Å²) in [5, 5.41) is 11.8. The molecule has 4 bridgehead atoms. The predicted octanol–water partition coefficient (Wildman–Crippen LogP) is 1.62. The Morgan fingerprint density at radius 2 is 1.86 bits per heavy atom. The molecule has 5 heterocycles. The van der Waals surface area contributed by atoms with Crippen molar-refractivity contribution in [3.05, 3.63) is 76.0 Å². The van der Waals surface area contributed by atoms with Gasteiger partial charge in [0.2, 0.25) is 5.91 Å². The maximum absolute atomic E-state index is 13.1. The topological polar surface area (TPSA) is 118 Å². The Balaban J connectivity index is 1.16. The zero-order valence-electron chi connectivity index (χ0n) is 25.4. The average molecular weight is 603 g/mol. The third-order valence-corrected chi connectivity index (χ3v) is 8.96. The summed E-state index contributed by atoms with van der Waals surface area (Å²) in [7, 11) is 1.64. The number of amides is 2. The minimum absolute atomic E-state index is 0.0202. The molecule has 234 valence electrons. The van der Waals surface area contributed by atoms with Gasteiger partial charge < -0.3 is 19.5 Å². The van der Waals surface area contributed by atoms with E-state index in [2.05, 4.69) is 37.6 Å². The number of hydrogen-bond donors (Lipinski definition) is 1. The van der Waals surface area contributed by atoms with Gasteiger partial charge in [-0.2, -0.15) is 0 Å². The fraction of sp³-hybridized carbons (Fsp3) is 0.531. The maximum atomic E-state index is 13.1. The molecular weight excluding hydrogens is 560 g/mol. The van der Waals surface area contributed by atoms with E-state index in [4.69, 9.17) is 4.74 Å². The lowest BCUT2D eigenvalue weighted by atomic mass is 9.99. The summed E-state index contributed by atoms with van der Waals surface area (Å²) in [6.07, 6.45) is 7.73. The van der Waals surface area contributed by atoms with Crippen molar-refractivity contribution >= 4 is 11.8 Å². The van der Waals surface area contributed by atoms with Gasteiger partial charge in [-0.25, -0.2) is 4.68 Å². The summed E-state index contributed by atoms with van der Waals surface area (Å²) in [5.41, 5.74) is 1.49. The second kappa shape index (κ2) is 13.7. The van der Waals surface area contributed by atoms with Crippen molar-refractivity contribution in [2.75, 3.05) is 59.5 Å². The summed E-state index contributed by atoms with van der Waals surface area (Å²) in [5.74, 6) is 0.456. The first-order valence-electron chi connectivity index (χ1n) is 15.7. The van der Waals surface area contributed by atoms with Crippen LogP contribution in [0.5, 0.6) is 5.75 Å². The minimum atomic E-state index is -0.377. The molecule has 1 aromatic carbocycles. The molecule has 2 amide bonds. The fourth-order valence-electron chi connectivity index (χ4n) is 6.57. The van der Waals surface area contributed by atoms with Gasteiger partial charge in [0.05, 0.1) is 18.8 Å². The van der Waals surface area contributed by atoms with Gasteiger partial charge in [-0.15, -0.1) is 5.10 Å². The van der Waals surface area contributed by atoms with Crippen molar-refractivity contribution in [2.24, 2.45) is 5.92 Å². The van der Waals surface area contributed by atoms with Crippen LogP contribution in [0.1, 0.15) is 53.3 Å². The highest BCUT2D eigenvalue weighted by Gasteiger charge is 2.36. The Bertz CT molecular complexity index is 1510. The molecule has 12 heteroatoms. The molecule has 3 aliphatic heterocycles. The molecule has 1 N–H and O–H groups in total. The lowest BCUT2D eigenvalue weighted by Crippen LogP contribution is -2.39. The summed E-state index contributed by atoms with van der Waals surface area (Å²) in [4.78, 5) is 45.4. The number of likely N-dealkylation sites (N-methyl/N-ethyl adjacent to an activating group) is 1. The first kappa shape index (κ1) is 30.0. The first-order valence-corrected chi connectivity index (χ1v) is 15.7. The summed E-state index contributed by atoms with van der Waals surface area (Å²) in [6.45, 7) is 6.95. The van der Waals surface area contributed by atoms with Crippen LogP contribution in [-0.2, 0) is 17.9 Å². The van der Waals surface area contributed by atoms with Crippen LogP contribution in [0.3, 0.4) is 0 Å². The third kappa shape index (κ3) is 7.19. The minimum Gasteiger partial charge on any atom is -0.492 e. The highest BCUT2D eigenvalue weighted by Crippen LogP contribution is 2.31. The number of rotatable bonds is 6. The van der Waals surface area contributed by atoms with Crippen molar-refractivity contribution < 1.29 is 14.3 Å². The number of piperidine rings is 1. The van der Waals surface area contributed by atoms with Crippen LogP contribution in [0.4, 0.5) is 0 Å². The van der Waals surface area contributed by atoms with Crippen molar-refractivity contribution in [3.8, 4) is 5.75 Å². The SMILES string of the molecule is CN1CCNC(=O)C[C@H]2CN(Cc3cccc(OCCN4CCCCC4)c3)C[C@H]2n2cc(nn2)Cn2cccc(c2=O)C1=O. The van der Waals surface area contributed by atoms with Gasteiger partial charge in [0.1, 0.15) is 23.6 Å². The van der Waals surface area contributed by atoms with Crippen LogP contribution >= 0.6 is 0 Å². The van der Waals surface area contributed by atoms with Crippen molar-refractivity contribution in [1.29, 1.82) is 0 Å². The molecule has 0 spiro atoms. The van der Waals surface area contributed by atoms with Gasteiger partial charge >= 0.3 is 0 Å². The predicted molar refractivity (Wildman–Crippen MR) is 164 cm³/mol. The van der Waals surface area contributed by atoms with Crippen LogP contribution in [0.2, 0.25) is 0 Å². The highest BCUT2D eigenvalue weighted by molar-refractivity contribution is 5.93. The number of pyridine rings is 1. The molecule has 2 saturated heterocycles. The smallest absolute Gasteiger partial charge is 0.263 e. The first-order chi connectivity index (χ1) is 21.4. The number of likely N-dealkylation sites (tertiary alicyclic amines) is 2. The number of fused-ring (bicyclic) bond motifs is 6. The summed E-state index contributed by atoms with van der Waals surface area (Å²) < 4.78 is 9.45. The largest absolute Gasteiger partial charge is 0.492 e. The number of nitrogens with zero attached hydrogens (tertiary/aromatic N) is 7. The van der Waals surface area contributed by atoms with Gasteiger partial charge in [-0.1, -0.05) is 23.8 Å². The Labute approximate surface area is 257 Å². The van der Waals surface area contributed by atoms with Crippen LogP contribution < -0.4 is 15.6 Å². The molecule has 3 aromatic rings. The zero-order chi connectivity index (χ0) is 30.5. The summed E-state index contributed by atoms with van der Waals surface area (Å²) in [6, 6.07) is 11.5. The number of aromatic nitrogens is 4. The fourth-order valence-corrected chi connectivity index (χ4v) is 6.57. The number of nitrogens with one attached hydrogen (secondary N) is 1. The molecule has 0 aliphatic carbocycles. The lowest BCUT2D eigenvalue weighted by Gasteiger charge is -2.26. The number of benzene rings is 1. The van der Waals surface area contributed by atoms with E-state index in [-0.39, 0.29) is 41.4 Å². The quantitative estimate of drug-likeness (QED) is 0.453. The zero-order valence-corrected chi connectivity index (χ0v) is 25.4. The van der Waals surface area contributed by atoms with Crippen molar-refractivity contribution in [3.63, 3.8) is 0 Å². The van der Waals surface area contributed by atoms with E-state index in [0.717, 1.165) is 44.0 Å². The van der Waals surface area contributed by atoms with E-state index in [1.807, 2.05) is 23.0 Å². The Hall–Kier alpha value is -4.03. The molecule has 2 fully saturated rings. The van der Waals surface area contributed by atoms with Gasteiger partial charge in [-0.05, 0) is 55.8 Å². The highest BCUT2D eigenvalue weighted by atomic mass is 16.5. The second-order valence-electron chi connectivity index (χ2n) is 12.2. The Morgan fingerprint density at radius 3 is 2.73 bits per heavy atom. The van der Waals surface area contributed by atoms with E-state index >= 15 is 0 Å². The van der Waals surface area contributed by atoms with E-state index in [0.29, 0.717) is 38.4 Å². The normalized spacial score (nSPS) is 22.1. The Kier molecular flexibility index (Phi) is 9.37. The monoisotopic (exact) mass is 602 g/mol. The van der Waals surface area contributed by atoms with E-state index in [1.165, 1.54) is 34.8 Å². The van der Waals surface area contributed by atoms with Crippen LogP contribution in [0.15, 0.2) is 53.6 Å². The van der Waals surface area contributed by atoms with Gasteiger partial charge in [0, 0.05) is 64.9 Å². The van der Waals surface area contributed by atoms with Crippen molar-refractivity contribution in [2.45, 2.75) is 44.8 Å². The Morgan fingerprint density at radius 1 is 1.00 bits per heavy atom. The second-order valence-corrected chi connectivity index (χ2v) is 12.2. The van der Waals surface area contributed by atoms with Crippen molar-refractivity contribution in [1.82, 2.24) is 39.6 Å². The van der Waals surface area contributed by atoms with E-state index < -0.39 is 0 Å². The number of hydrogen-bond acceptors (Lipinski definition) is 8. The molecule has 3 aliphatic rings. The summed E-state index contributed by atoms with van der Waals surface area (Å²) >= 11 is 0. The molecule has 2 atom stereocenters. The van der Waals surface area contributed by atoms with E-state index in [9.17, 15) is 14.4 Å². The van der Waals surface area contributed by atoms with Crippen LogP contribution in [0.25, 0.3) is 0 Å². The molecule has 2 aromatic heterocycles. The van der Waals surface area contributed by atoms with Crippen LogP contribution in [0, 0.1) is 5.92 Å². The number of carbonyl (C=O) groups excluding carboxylic acids is 2. The van der Waals surface area contributed by atoms with Crippen LogP contribution in [-0.4, -0.2) is 106 Å². The molecule has 0 unspecified atom stereocenters. The lowest BCUT2D eigenvalue weighted by molar-refractivity contribution is -0.122. The molecule has 6 rings (SSSR count). The molecular formula is C32H42N8O4. The van der Waals surface area contributed by atoms with Gasteiger partial charge in [0.25, 0.3) is 11.5 Å². The number of ether oxygens (including phenoxy) is 1. The van der Waals surface area contributed by atoms with Gasteiger partial charge in [0.15, 0.2) is 0 Å². The third-order valence-electron chi connectivity index (χ3n) is 8.96. The molecule has 12 nitrogen and oxygen atoms in total. The standard InChI is InChI=1S/C32H42N8O4/c1-36-14-10-33-30(41)18-25-20-38(19-24-7-5-8-27(17-24)44-16-15-37-11-3-2-4-12-37)23-29(25)40-22-26(34-35-40)21-39-13-6-9-28(31(36)42)32(39)43/h5-9,13,17,22,25,29H,2-4,10-12,14-16,18-21,23H2,1H3,(H,33,41)/t25-,29+/m0/s1. The maximum Gasteiger partial charge on any atom is 0.263 e. The number of carbonyl (C=O) groups is 2. The molecule has 44 heavy (non-hydrogen) atoms.